The van der Waals surface area contributed by atoms with Crippen LogP contribution in [0.1, 0.15) is 11.1 Å². The molecule has 1 aromatic heterocycles. The molecule has 0 atom stereocenters. The number of nitro benzene ring substituents is 1. The highest BCUT2D eigenvalue weighted by Crippen LogP contribution is 2.26. The Hall–Kier alpha value is -3.88. The topological polar surface area (TPSA) is 121 Å². The Labute approximate surface area is 165 Å². The summed E-state index contributed by atoms with van der Waals surface area (Å²) in [7, 11) is 1.54. The van der Waals surface area contributed by atoms with Crippen molar-refractivity contribution in [2.75, 3.05) is 19.0 Å². The van der Waals surface area contributed by atoms with Gasteiger partial charge in [-0.2, -0.15) is 0 Å². The first-order valence-electron chi connectivity index (χ1n) is 8.62. The SMILES string of the molecule is COc1ccc2c(CC(=O)OCC(=O)Nc3cc([N+](=O)[O-])ccc3C)coc2c1. The zero-order valence-corrected chi connectivity index (χ0v) is 15.8. The van der Waals surface area contributed by atoms with Gasteiger partial charge in [-0.25, -0.2) is 0 Å². The maximum Gasteiger partial charge on any atom is 0.310 e. The third-order valence-electron chi connectivity index (χ3n) is 4.27. The van der Waals surface area contributed by atoms with Crippen LogP contribution in [0.2, 0.25) is 0 Å². The molecule has 0 bridgehead atoms. The van der Waals surface area contributed by atoms with E-state index >= 15 is 0 Å². The van der Waals surface area contributed by atoms with Gasteiger partial charge in [0.15, 0.2) is 6.61 Å². The van der Waals surface area contributed by atoms with E-state index in [0.29, 0.717) is 22.5 Å². The highest BCUT2D eigenvalue weighted by Gasteiger charge is 2.15. The predicted molar refractivity (Wildman–Crippen MR) is 104 cm³/mol. The summed E-state index contributed by atoms with van der Waals surface area (Å²) in [6.07, 6.45) is 1.39. The van der Waals surface area contributed by atoms with Gasteiger partial charge in [0.2, 0.25) is 0 Å². The van der Waals surface area contributed by atoms with E-state index in [4.69, 9.17) is 13.9 Å². The van der Waals surface area contributed by atoms with Gasteiger partial charge in [-0.15, -0.1) is 0 Å². The lowest BCUT2D eigenvalue weighted by molar-refractivity contribution is -0.384. The van der Waals surface area contributed by atoms with E-state index in [1.54, 1.807) is 32.2 Å². The summed E-state index contributed by atoms with van der Waals surface area (Å²) in [6.45, 7) is 1.19. The number of methoxy groups -OCH3 is 1. The highest BCUT2D eigenvalue weighted by molar-refractivity contribution is 5.94. The number of ether oxygens (including phenoxy) is 2. The molecule has 2 aromatic carbocycles. The van der Waals surface area contributed by atoms with Crippen molar-refractivity contribution in [3.8, 4) is 5.75 Å². The van der Waals surface area contributed by atoms with Crippen molar-refractivity contribution in [1.29, 1.82) is 0 Å². The fourth-order valence-electron chi connectivity index (χ4n) is 2.72. The van der Waals surface area contributed by atoms with Crippen molar-refractivity contribution in [2.45, 2.75) is 13.3 Å². The number of carbonyl (C=O) groups excluding carboxylic acids is 2. The Morgan fingerprint density at radius 1 is 1.21 bits per heavy atom. The molecule has 9 nitrogen and oxygen atoms in total. The number of amides is 1. The monoisotopic (exact) mass is 398 g/mol. The molecule has 0 spiro atoms. The molecule has 0 aliphatic heterocycles. The van der Waals surface area contributed by atoms with Gasteiger partial charge in [0.05, 0.1) is 30.4 Å². The number of fused-ring (bicyclic) bond motifs is 1. The molecule has 9 heteroatoms. The number of hydrogen-bond donors (Lipinski definition) is 1. The Balaban J connectivity index is 1.58. The van der Waals surface area contributed by atoms with Crippen molar-refractivity contribution < 1.29 is 28.4 Å². The van der Waals surface area contributed by atoms with Crippen molar-refractivity contribution in [1.82, 2.24) is 0 Å². The van der Waals surface area contributed by atoms with Crippen molar-refractivity contribution in [3.63, 3.8) is 0 Å². The molecule has 0 saturated carbocycles. The van der Waals surface area contributed by atoms with Crippen LogP contribution in [-0.2, 0) is 20.7 Å². The summed E-state index contributed by atoms with van der Waals surface area (Å²) >= 11 is 0. The van der Waals surface area contributed by atoms with E-state index in [0.717, 1.165) is 5.39 Å². The minimum Gasteiger partial charge on any atom is -0.497 e. The van der Waals surface area contributed by atoms with Crippen molar-refractivity contribution in [2.24, 2.45) is 0 Å². The molecule has 1 N–H and O–H groups in total. The largest absolute Gasteiger partial charge is 0.497 e. The molecule has 0 fully saturated rings. The van der Waals surface area contributed by atoms with Crippen molar-refractivity contribution in [3.05, 3.63) is 63.9 Å². The molecule has 0 aliphatic rings. The molecule has 1 amide bonds. The summed E-state index contributed by atoms with van der Waals surface area (Å²) < 4.78 is 15.5. The second kappa shape index (κ2) is 8.42. The number of anilines is 1. The smallest absolute Gasteiger partial charge is 0.310 e. The van der Waals surface area contributed by atoms with Gasteiger partial charge in [0, 0.05) is 29.1 Å². The second-order valence-corrected chi connectivity index (χ2v) is 6.27. The number of benzene rings is 2. The summed E-state index contributed by atoms with van der Waals surface area (Å²) in [5.74, 6) is -0.563. The van der Waals surface area contributed by atoms with Crippen molar-refractivity contribution >= 4 is 34.2 Å². The third-order valence-corrected chi connectivity index (χ3v) is 4.27. The van der Waals surface area contributed by atoms with E-state index in [1.807, 2.05) is 0 Å². The highest BCUT2D eigenvalue weighted by atomic mass is 16.6. The number of aryl methyl sites for hydroxylation is 1. The Kier molecular flexibility index (Phi) is 5.77. The molecule has 0 aliphatic carbocycles. The lowest BCUT2D eigenvalue weighted by Gasteiger charge is -2.09. The van der Waals surface area contributed by atoms with E-state index in [9.17, 15) is 19.7 Å². The first-order valence-corrected chi connectivity index (χ1v) is 8.62. The number of hydrogen-bond acceptors (Lipinski definition) is 7. The predicted octanol–water partition coefficient (Wildman–Crippen LogP) is 3.38. The molecule has 3 aromatic rings. The fraction of sp³-hybridized carbons (Fsp3) is 0.200. The fourth-order valence-corrected chi connectivity index (χ4v) is 2.72. The number of carbonyl (C=O) groups is 2. The molecule has 0 radical (unpaired) electrons. The molecule has 1 heterocycles. The van der Waals surface area contributed by atoms with Crippen LogP contribution in [0.15, 0.2) is 47.1 Å². The van der Waals surface area contributed by atoms with Gasteiger partial charge >= 0.3 is 5.97 Å². The van der Waals surface area contributed by atoms with Gasteiger partial charge in [0.25, 0.3) is 11.6 Å². The zero-order valence-electron chi connectivity index (χ0n) is 15.8. The van der Waals surface area contributed by atoms with Crippen LogP contribution in [0.3, 0.4) is 0 Å². The molecule has 0 saturated heterocycles. The summed E-state index contributed by atoms with van der Waals surface area (Å²) in [5.41, 5.74) is 1.99. The molecule has 3 rings (SSSR count). The van der Waals surface area contributed by atoms with Gasteiger partial charge in [-0.3, -0.25) is 19.7 Å². The molecule has 29 heavy (non-hydrogen) atoms. The first-order chi connectivity index (χ1) is 13.9. The van der Waals surface area contributed by atoms with Crippen LogP contribution in [0.4, 0.5) is 11.4 Å². The number of non-ortho nitro benzene ring substituents is 1. The molecule has 150 valence electrons. The van der Waals surface area contributed by atoms with E-state index < -0.39 is 23.4 Å². The Morgan fingerprint density at radius 2 is 2.00 bits per heavy atom. The van der Waals surface area contributed by atoms with Crippen LogP contribution >= 0.6 is 0 Å². The Bertz CT molecular complexity index is 1090. The summed E-state index contributed by atoms with van der Waals surface area (Å²) in [4.78, 5) is 34.4. The van der Waals surface area contributed by atoms with Gasteiger partial charge in [0.1, 0.15) is 11.3 Å². The number of nitrogens with zero attached hydrogens (tertiary/aromatic N) is 1. The zero-order chi connectivity index (χ0) is 21.0. The van der Waals surface area contributed by atoms with Crippen LogP contribution < -0.4 is 10.1 Å². The van der Waals surface area contributed by atoms with Crippen LogP contribution in [0, 0.1) is 17.0 Å². The van der Waals surface area contributed by atoms with E-state index in [2.05, 4.69) is 5.32 Å². The maximum absolute atomic E-state index is 12.1. The molecular formula is C20H18N2O7. The van der Waals surface area contributed by atoms with Crippen LogP contribution in [-0.4, -0.2) is 30.5 Å². The quantitative estimate of drug-likeness (QED) is 0.368. The number of rotatable bonds is 7. The minimum atomic E-state index is -0.602. The lowest BCUT2D eigenvalue weighted by atomic mass is 10.1. The third kappa shape index (κ3) is 4.70. The van der Waals surface area contributed by atoms with Gasteiger partial charge < -0.3 is 19.2 Å². The standard InChI is InChI=1S/C20H18N2O7/c1-12-3-4-14(22(25)26)8-17(12)21-19(23)11-29-20(24)7-13-10-28-18-9-15(27-2)5-6-16(13)18/h3-6,8-10H,7,11H2,1-2H3,(H,21,23). The average Bonchev–Trinajstić information content (AvgIpc) is 3.09. The van der Waals surface area contributed by atoms with E-state index in [1.165, 1.54) is 24.5 Å². The normalized spacial score (nSPS) is 10.6. The summed E-state index contributed by atoms with van der Waals surface area (Å²) in [6, 6.07) is 9.36. The van der Waals surface area contributed by atoms with Gasteiger partial charge in [-0.05, 0) is 24.6 Å². The Morgan fingerprint density at radius 3 is 2.72 bits per heavy atom. The molecular weight excluding hydrogens is 380 g/mol. The number of furan rings is 1. The van der Waals surface area contributed by atoms with Crippen LogP contribution in [0.25, 0.3) is 11.0 Å². The number of esters is 1. The number of nitrogens with one attached hydrogen (secondary N) is 1. The number of nitro groups is 1. The van der Waals surface area contributed by atoms with Crippen LogP contribution in [0.5, 0.6) is 5.75 Å². The first kappa shape index (κ1) is 19.9. The van der Waals surface area contributed by atoms with Gasteiger partial charge in [-0.1, -0.05) is 6.07 Å². The minimum absolute atomic E-state index is 0.0670. The summed E-state index contributed by atoms with van der Waals surface area (Å²) in [5, 5.41) is 14.1. The molecule has 0 unspecified atom stereocenters. The average molecular weight is 398 g/mol. The maximum atomic E-state index is 12.1. The lowest BCUT2D eigenvalue weighted by Crippen LogP contribution is -2.22. The van der Waals surface area contributed by atoms with E-state index in [-0.39, 0.29) is 17.8 Å². The second-order valence-electron chi connectivity index (χ2n) is 6.27.